The first-order valence-electron chi connectivity index (χ1n) is 5.84. The Morgan fingerprint density at radius 1 is 1.42 bits per heavy atom. The predicted octanol–water partition coefficient (Wildman–Crippen LogP) is 1.73. The third-order valence-corrected chi connectivity index (χ3v) is 3.55. The van der Waals surface area contributed by atoms with Crippen molar-refractivity contribution in [2.45, 2.75) is 18.9 Å². The Kier molecular flexibility index (Phi) is 3.91. The quantitative estimate of drug-likeness (QED) is 0.886. The number of nitrogens with one attached hydrogen (secondary N) is 1. The van der Waals surface area contributed by atoms with Gasteiger partial charge in [-0.1, -0.05) is 15.9 Å². The van der Waals surface area contributed by atoms with Crippen LogP contribution in [0.3, 0.4) is 0 Å². The number of benzene rings is 1. The molecule has 1 aliphatic rings. The number of aryl methyl sites for hydroxylation is 1. The van der Waals surface area contributed by atoms with E-state index in [4.69, 9.17) is 4.74 Å². The van der Waals surface area contributed by atoms with E-state index in [0.29, 0.717) is 12.2 Å². The molecule has 1 aromatic carbocycles. The Morgan fingerprint density at radius 3 is 2.68 bits per heavy atom. The van der Waals surface area contributed by atoms with Crippen molar-refractivity contribution in [2.75, 3.05) is 13.2 Å². The van der Waals surface area contributed by atoms with Crippen LogP contribution >= 0.6 is 15.9 Å². The van der Waals surface area contributed by atoms with Gasteiger partial charge in [-0.2, -0.15) is 0 Å². The zero-order valence-corrected chi connectivity index (χ0v) is 12.0. The van der Waals surface area contributed by atoms with Gasteiger partial charge >= 0.3 is 5.97 Å². The highest BCUT2D eigenvalue weighted by Gasteiger charge is 2.44. The molecule has 0 spiro atoms. The normalized spacial score (nSPS) is 22.2. The average Bonchev–Trinajstić information content (AvgIpc) is 2.77. The standard InChI is InChI=1S/C13H14BrNO4/c1-8-4-9(6-10(14)5-8)11(16)15-13(12(17)18)2-3-19-7-13/h4-6H,2-3,7H2,1H3,(H,15,16)(H,17,18). The van der Waals surface area contributed by atoms with Crippen LogP contribution in [0.5, 0.6) is 0 Å². The van der Waals surface area contributed by atoms with Crippen LogP contribution in [0.25, 0.3) is 0 Å². The summed E-state index contributed by atoms with van der Waals surface area (Å²) in [7, 11) is 0. The SMILES string of the molecule is Cc1cc(Br)cc(C(=O)NC2(C(=O)O)CCOC2)c1. The highest BCUT2D eigenvalue weighted by atomic mass is 79.9. The lowest BCUT2D eigenvalue weighted by atomic mass is 9.98. The molecule has 1 atom stereocenters. The number of carboxylic acid groups (broad SMARTS) is 1. The molecule has 0 radical (unpaired) electrons. The largest absolute Gasteiger partial charge is 0.479 e. The number of carboxylic acids is 1. The van der Waals surface area contributed by atoms with E-state index in [0.717, 1.165) is 10.0 Å². The summed E-state index contributed by atoms with van der Waals surface area (Å²) in [6.07, 6.45) is 0.279. The number of carbonyl (C=O) groups is 2. The number of hydrogen-bond acceptors (Lipinski definition) is 3. The molecule has 1 fully saturated rings. The molecular weight excluding hydrogens is 314 g/mol. The minimum atomic E-state index is -1.31. The Morgan fingerprint density at radius 2 is 2.16 bits per heavy atom. The van der Waals surface area contributed by atoms with Gasteiger partial charge < -0.3 is 15.2 Å². The molecule has 0 aliphatic carbocycles. The zero-order chi connectivity index (χ0) is 14.0. The maximum absolute atomic E-state index is 12.2. The smallest absolute Gasteiger partial charge is 0.331 e. The molecule has 0 bridgehead atoms. The minimum absolute atomic E-state index is 0.00105. The highest BCUT2D eigenvalue weighted by Crippen LogP contribution is 2.21. The summed E-state index contributed by atoms with van der Waals surface area (Å²) < 4.78 is 5.88. The van der Waals surface area contributed by atoms with Crippen LogP contribution in [0.4, 0.5) is 0 Å². The molecule has 102 valence electrons. The monoisotopic (exact) mass is 327 g/mol. The molecule has 1 unspecified atom stereocenters. The first kappa shape index (κ1) is 14.0. The number of aliphatic carboxylic acids is 1. The Bertz CT molecular complexity index is 503. The lowest BCUT2D eigenvalue weighted by molar-refractivity contribution is -0.144. The molecule has 1 aromatic rings. The van der Waals surface area contributed by atoms with Gasteiger partial charge in [0.15, 0.2) is 5.54 Å². The molecule has 19 heavy (non-hydrogen) atoms. The van der Waals surface area contributed by atoms with Crippen molar-refractivity contribution < 1.29 is 19.4 Å². The van der Waals surface area contributed by atoms with Gasteiger partial charge in [0.2, 0.25) is 0 Å². The molecule has 0 aromatic heterocycles. The van der Waals surface area contributed by atoms with Crippen molar-refractivity contribution >= 4 is 27.8 Å². The molecule has 1 heterocycles. The first-order chi connectivity index (χ1) is 8.93. The summed E-state index contributed by atoms with van der Waals surface area (Å²) in [6, 6.07) is 5.25. The summed E-state index contributed by atoms with van der Waals surface area (Å²) in [4.78, 5) is 23.5. The Balaban J connectivity index is 2.22. The number of carbonyl (C=O) groups excluding carboxylic acids is 1. The van der Waals surface area contributed by atoms with E-state index in [9.17, 15) is 14.7 Å². The van der Waals surface area contributed by atoms with E-state index in [1.165, 1.54) is 0 Å². The Labute approximate surface area is 119 Å². The van der Waals surface area contributed by atoms with Crippen LogP contribution in [-0.4, -0.2) is 35.7 Å². The van der Waals surface area contributed by atoms with E-state index in [2.05, 4.69) is 21.2 Å². The molecule has 6 heteroatoms. The lowest BCUT2D eigenvalue weighted by Crippen LogP contribution is -2.55. The van der Waals surface area contributed by atoms with Gasteiger partial charge in [-0.25, -0.2) is 4.79 Å². The van der Waals surface area contributed by atoms with Crippen LogP contribution in [0.2, 0.25) is 0 Å². The van der Waals surface area contributed by atoms with E-state index in [1.54, 1.807) is 12.1 Å². The van der Waals surface area contributed by atoms with Crippen LogP contribution in [0.15, 0.2) is 22.7 Å². The second kappa shape index (κ2) is 5.30. The average molecular weight is 328 g/mol. The van der Waals surface area contributed by atoms with E-state index in [-0.39, 0.29) is 13.0 Å². The van der Waals surface area contributed by atoms with Crippen molar-refractivity contribution in [1.82, 2.24) is 5.32 Å². The summed E-state index contributed by atoms with van der Waals surface area (Å²) in [5.41, 5.74) is 0.0406. The third kappa shape index (κ3) is 2.96. The van der Waals surface area contributed by atoms with Crippen molar-refractivity contribution in [3.63, 3.8) is 0 Å². The van der Waals surface area contributed by atoms with Crippen molar-refractivity contribution in [1.29, 1.82) is 0 Å². The van der Waals surface area contributed by atoms with Gasteiger partial charge in [0, 0.05) is 23.1 Å². The van der Waals surface area contributed by atoms with Crippen molar-refractivity contribution in [3.05, 3.63) is 33.8 Å². The molecule has 1 amide bonds. The molecule has 1 saturated heterocycles. The predicted molar refractivity (Wildman–Crippen MR) is 72.1 cm³/mol. The van der Waals surface area contributed by atoms with Crippen LogP contribution in [0.1, 0.15) is 22.3 Å². The van der Waals surface area contributed by atoms with Gasteiger partial charge in [-0.3, -0.25) is 4.79 Å². The number of halogens is 1. The minimum Gasteiger partial charge on any atom is -0.479 e. The zero-order valence-electron chi connectivity index (χ0n) is 10.4. The second-order valence-electron chi connectivity index (χ2n) is 4.66. The summed E-state index contributed by atoms with van der Waals surface area (Å²) in [5.74, 6) is -1.47. The van der Waals surface area contributed by atoms with Crippen LogP contribution in [0, 0.1) is 6.92 Å². The van der Waals surface area contributed by atoms with Crippen molar-refractivity contribution in [2.24, 2.45) is 0 Å². The molecule has 2 rings (SSSR count). The van der Waals surface area contributed by atoms with E-state index >= 15 is 0 Å². The maximum Gasteiger partial charge on any atom is 0.331 e. The summed E-state index contributed by atoms with van der Waals surface area (Å²) >= 11 is 3.32. The van der Waals surface area contributed by atoms with E-state index in [1.807, 2.05) is 13.0 Å². The van der Waals surface area contributed by atoms with Crippen LogP contribution in [-0.2, 0) is 9.53 Å². The fourth-order valence-corrected chi connectivity index (χ4v) is 2.65. The third-order valence-electron chi connectivity index (χ3n) is 3.09. The Hall–Kier alpha value is -1.40. The second-order valence-corrected chi connectivity index (χ2v) is 5.58. The maximum atomic E-state index is 12.2. The summed E-state index contributed by atoms with van der Waals surface area (Å²) in [6.45, 7) is 2.21. The van der Waals surface area contributed by atoms with Gasteiger partial charge in [-0.15, -0.1) is 0 Å². The number of ether oxygens (including phenoxy) is 1. The molecule has 1 aliphatic heterocycles. The first-order valence-corrected chi connectivity index (χ1v) is 6.63. The fraction of sp³-hybridized carbons (Fsp3) is 0.385. The summed E-state index contributed by atoms with van der Waals surface area (Å²) in [5, 5.41) is 11.8. The fourth-order valence-electron chi connectivity index (χ4n) is 2.04. The van der Waals surface area contributed by atoms with E-state index < -0.39 is 17.4 Å². The van der Waals surface area contributed by atoms with Crippen LogP contribution < -0.4 is 5.32 Å². The lowest BCUT2D eigenvalue weighted by Gasteiger charge is -2.23. The number of rotatable bonds is 3. The van der Waals surface area contributed by atoms with Gasteiger partial charge in [0.25, 0.3) is 5.91 Å². The number of amides is 1. The van der Waals surface area contributed by atoms with Crippen molar-refractivity contribution in [3.8, 4) is 0 Å². The van der Waals surface area contributed by atoms with Gasteiger partial charge in [0.1, 0.15) is 0 Å². The molecule has 0 saturated carbocycles. The molecule has 5 nitrogen and oxygen atoms in total. The van der Waals surface area contributed by atoms with Gasteiger partial charge in [-0.05, 0) is 30.7 Å². The molecular formula is C13H14BrNO4. The number of hydrogen-bond donors (Lipinski definition) is 2. The van der Waals surface area contributed by atoms with Gasteiger partial charge in [0.05, 0.1) is 6.61 Å². The highest BCUT2D eigenvalue weighted by molar-refractivity contribution is 9.10. The molecule has 2 N–H and O–H groups in total. The topological polar surface area (TPSA) is 75.6 Å².